The van der Waals surface area contributed by atoms with Crippen molar-refractivity contribution in [3.05, 3.63) is 144 Å². The molecule has 1 aliphatic carbocycles. The van der Waals surface area contributed by atoms with Crippen LogP contribution in [0.2, 0.25) is 0 Å². The van der Waals surface area contributed by atoms with E-state index in [1.165, 1.54) is 22.3 Å². The lowest BCUT2D eigenvalue weighted by Crippen LogP contribution is -2.25. The Hall–Kier alpha value is -2.87. The largest absolute Gasteiger partial charge is 0.316 e. The van der Waals surface area contributed by atoms with Crippen LogP contribution in [0.4, 0.5) is 0 Å². The summed E-state index contributed by atoms with van der Waals surface area (Å²) in [4.78, 5) is 0. The Bertz CT molecular complexity index is 1040. The van der Waals surface area contributed by atoms with Crippen molar-refractivity contribution >= 4 is 12.4 Å². The maximum absolute atomic E-state index is 3.87. The Kier molecular flexibility index (Phi) is 7.99. The van der Waals surface area contributed by atoms with E-state index in [0.29, 0.717) is 23.7 Å². The highest BCUT2D eigenvalue weighted by molar-refractivity contribution is 5.85. The fourth-order valence-electron chi connectivity index (χ4n) is 5.24. The van der Waals surface area contributed by atoms with Crippen LogP contribution < -0.4 is 5.32 Å². The van der Waals surface area contributed by atoms with Crippen molar-refractivity contribution in [2.24, 2.45) is 5.92 Å². The Morgan fingerprint density at radius 3 is 1.55 bits per heavy atom. The molecule has 168 valence electrons. The van der Waals surface area contributed by atoms with E-state index in [1.807, 2.05) is 0 Å². The van der Waals surface area contributed by atoms with Crippen LogP contribution in [0.1, 0.15) is 40.0 Å². The van der Waals surface area contributed by atoms with Crippen molar-refractivity contribution in [1.29, 1.82) is 0 Å². The van der Waals surface area contributed by atoms with Gasteiger partial charge in [-0.1, -0.05) is 121 Å². The van der Waals surface area contributed by atoms with Gasteiger partial charge in [-0.2, -0.15) is 0 Å². The Labute approximate surface area is 204 Å². The summed E-state index contributed by atoms with van der Waals surface area (Å²) in [6.07, 6.45) is 1.06. The number of hydrogen-bond acceptors (Lipinski definition) is 1. The standard InChI is InChI=1S/C31H31N.ClH/c1-5-13-24(14-6-1)21-28(25-15-7-2-8-16-25)22-32-23-29-30(26-17-9-3-10-18-26)31(29)27-19-11-4-12-20-27;/h1-20,28-32H,21-23H2;1H. The molecule has 0 saturated heterocycles. The third-order valence-electron chi connectivity index (χ3n) is 6.90. The van der Waals surface area contributed by atoms with E-state index < -0.39 is 0 Å². The lowest BCUT2D eigenvalue weighted by atomic mass is 9.92. The highest BCUT2D eigenvalue weighted by Gasteiger charge is 2.50. The number of rotatable bonds is 9. The van der Waals surface area contributed by atoms with Crippen molar-refractivity contribution in [3.8, 4) is 0 Å². The van der Waals surface area contributed by atoms with Gasteiger partial charge < -0.3 is 5.32 Å². The van der Waals surface area contributed by atoms with Crippen molar-refractivity contribution in [2.45, 2.75) is 24.2 Å². The Morgan fingerprint density at radius 1 is 0.576 bits per heavy atom. The molecule has 33 heavy (non-hydrogen) atoms. The third-order valence-corrected chi connectivity index (χ3v) is 6.90. The average Bonchev–Trinajstić information content (AvgIpc) is 3.60. The smallest absolute Gasteiger partial charge is 0.00234 e. The molecule has 0 aliphatic heterocycles. The molecular weight excluding hydrogens is 422 g/mol. The second kappa shape index (κ2) is 11.3. The van der Waals surface area contributed by atoms with Gasteiger partial charge in [-0.15, -0.1) is 12.4 Å². The van der Waals surface area contributed by atoms with E-state index in [1.54, 1.807) is 0 Å². The van der Waals surface area contributed by atoms with Gasteiger partial charge in [0.25, 0.3) is 0 Å². The molecule has 0 radical (unpaired) electrons. The zero-order valence-electron chi connectivity index (χ0n) is 18.9. The molecule has 0 amide bonds. The molecule has 1 nitrogen and oxygen atoms in total. The van der Waals surface area contributed by atoms with E-state index >= 15 is 0 Å². The van der Waals surface area contributed by atoms with Gasteiger partial charge in [0.1, 0.15) is 0 Å². The molecule has 5 rings (SSSR count). The predicted octanol–water partition coefficient (Wildman–Crippen LogP) is 7.22. The third kappa shape index (κ3) is 5.74. The minimum absolute atomic E-state index is 0. The molecule has 1 N–H and O–H groups in total. The van der Waals surface area contributed by atoms with Crippen molar-refractivity contribution < 1.29 is 0 Å². The van der Waals surface area contributed by atoms with E-state index in [0.717, 1.165) is 19.5 Å². The summed E-state index contributed by atoms with van der Waals surface area (Å²) in [5.41, 5.74) is 5.76. The zero-order chi connectivity index (χ0) is 21.6. The summed E-state index contributed by atoms with van der Waals surface area (Å²) in [5.74, 6) is 2.33. The molecule has 1 fully saturated rings. The van der Waals surface area contributed by atoms with Crippen LogP contribution in [0.3, 0.4) is 0 Å². The van der Waals surface area contributed by atoms with Gasteiger partial charge in [0, 0.05) is 12.5 Å². The SMILES string of the molecule is Cl.c1ccc(CC(CNCC2C(c3ccccc3)C2c2ccccc2)c2ccccc2)cc1. The van der Waals surface area contributed by atoms with Crippen LogP contribution in [0.5, 0.6) is 0 Å². The summed E-state index contributed by atoms with van der Waals surface area (Å²) < 4.78 is 0. The second-order valence-electron chi connectivity index (χ2n) is 8.99. The molecule has 0 bridgehead atoms. The maximum atomic E-state index is 3.87. The molecule has 0 spiro atoms. The van der Waals surface area contributed by atoms with Gasteiger partial charge in [0.2, 0.25) is 0 Å². The predicted molar refractivity (Wildman–Crippen MR) is 141 cm³/mol. The molecule has 4 aromatic rings. The maximum Gasteiger partial charge on any atom is 0.00234 e. The first-order valence-corrected chi connectivity index (χ1v) is 11.8. The normalized spacial score (nSPS) is 19.9. The fourth-order valence-corrected chi connectivity index (χ4v) is 5.24. The van der Waals surface area contributed by atoms with E-state index in [2.05, 4.69) is 127 Å². The highest BCUT2D eigenvalue weighted by Crippen LogP contribution is 2.60. The summed E-state index contributed by atoms with van der Waals surface area (Å²) in [7, 11) is 0. The van der Waals surface area contributed by atoms with Crippen molar-refractivity contribution in [1.82, 2.24) is 5.32 Å². The minimum atomic E-state index is 0. The van der Waals surface area contributed by atoms with E-state index in [4.69, 9.17) is 0 Å². The quantitative estimate of drug-likeness (QED) is 0.282. The molecule has 2 heteroatoms. The van der Waals surface area contributed by atoms with Crippen molar-refractivity contribution in [3.63, 3.8) is 0 Å². The van der Waals surface area contributed by atoms with Gasteiger partial charge in [-0.3, -0.25) is 0 Å². The van der Waals surface area contributed by atoms with Crippen LogP contribution in [0.25, 0.3) is 0 Å². The van der Waals surface area contributed by atoms with Crippen LogP contribution in [-0.4, -0.2) is 13.1 Å². The number of halogens is 1. The molecule has 0 heterocycles. The first-order chi connectivity index (χ1) is 15.9. The fraction of sp³-hybridized carbons (Fsp3) is 0.226. The van der Waals surface area contributed by atoms with Crippen LogP contribution in [0.15, 0.2) is 121 Å². The minimum Gasteiger partial charge on any atom is -0.316 e. The van der Waals surface area contributed by atoms with Gasteiger partial charge in [0.05, 0.1) is 0 Å². The van der Waals surface area contributed by atoms with E-state index in [-0.39, 0.29) is 12.4 Å². The average molecular weight is 454 g/mol. The molecule has 4 aromatic carbocycles. The second-order valence-corrected chi connectivity index (χ2v) is 8.99. The Balaban J connectivity index is 0.00000259. The summed E-state index contributed by atoms with van der Waals surface area (Å²) in [6.45, 7) is 2.05. The molecule has 0 aromatic heterocycles. The lowest BCUT2D eigenvalue weighted by Gasteiger charge is -2.19. The highest BCUT2D eigenvalue weighted by atomic mass is 35.5. The van der Waals surface area contributed by atoms with Gasteiger partial charge >= 0.3 is 0 Å². The number of nitrogens with one attached hydrogen (secondary N) is 1. The van der Waals surface area contributed by atoms with Crippen LogP contribution in [-0.2, 0) is 6.42 Å². The summed E-state index contributed by atoms with van der Waals surface area (Å²) in [5, 5.41) is 3.87. The van der Waals surface area contributed by atoms with E-state index in [9.17, 15) is 0 Å². The molecule has 3 unspecified atom stereocenters. The molecule has 1 saturated carbocycles. The molecular formula is C31H32ClN. The Morgan fingerprint density at radius 2 is 1.03 bits per heavy atom. The summed E-state index contributed by atoms with van der Waals surface area (Å²) >= 11 is 0. The van der Waals surface area contributed by atoms with Crippen LogP contribution >= 0.6 is 12.4 Å². The first-order valence-electron chi connectivity index (χ1n) is 11.8. The van der Waals surface area contributed by atoms with Crippen LogP contribution in [0, 0.1) is 5.92 Å². The van der Waals surface area contributed by atoms with Gasteiger partial charge in [0.15, 0.2) is 0 Å². The first kappa shape index (κ1) is 23.3. The van der Waals surface area contributed by atoms with Gasteiger partial charge in [-0.25, -0.2) is 0 Å². The van der Waals surface area contributed by atoms with Crippen molar-refractivity contribution in [2.75, 3.05) is 13.1 Å². The lowest BCUT2D eigenvalue weighted by molar-refractivity contribution is 0.552. The molecule has 1 aliphatic rings. The van der Waals surface area contributed by atoms with Gasteiger partial charge in [-0.05, 0) is 53.0 Å². The molecule has 3 atom stereocenters. The number of hydrogen-bond donors (Lipinski definition) is 1. The monoisotopic (exact) mass is 453 g/mol. The number of benzene rings is 4. The topological polar surface area (TPSA) is 12.0 Å². The summed E-state index contributed by atoms with van der Waals surface area (Å²) in [6, 6.07) is 43.9. The zero-order valence-corrected chi connectivity index (χ0v) is 19.7.